The molecule has 2 aromatic rings. The van der Waals surface area contributed by atoms with Gasteiger partial charge < -0.3 is 0 Å². The molecule has 160 valence electrons. The number of rotatable bonds is 9. The Labute approximate surface area is 186 Å². The molecule has 3 rings (SSSR count). The molecule has 1 unspecified atom stereocenters. The van der Waals surface area contributed by atoms with Gasteiger partial charge in [-0.1, -0.05) is 104 Å². The van der Waals surface area contributed by atoms with E-state index in [1.54, 1.807) is 0 Å². The number of aryl methyl sites for hydroxylation is 2. The van der Waals surface area contributed by atoms with Gasteiger partial charge in [0.25, 0.3) is 0 Å². The fourth-order valence-electron chi connectivity index (χ4n) is 4.05. The van der Waals surface area contributed by atoms with E-state index >= 15 is 0 Å². The molecule has 1 heterocycles. The normalized spacial score (nSPS) is 21.0. The number of hydrogen-bond acceptors (Lipinski definition) is 1. The minimum Gasteiger partial charge on any atom is -0.251 e. The molecule has 0 N–H and O–H groups in total. The van der Waals surface area contributed by atoms with E-state index in [0.717, 1.165) is 6.54 Å². The lowest BCUT2D eigenvalue weighted by Gasteiger charge is -2.42. The van der Waals surface area contributed by atoms with Crippen LogP contribution < -0.4 is 10.6 Å². The van der Waals surface area contributed by atoms with E-state index in [2.05, 4.69) is 106 Å². The Balaban J connectivity index is 2.12. The first-order chi connectivity index (χ1) is 14.5. The van der Waals surface area contributed by atoms with E-state index in [1.807, 2.05) is 0 Å². The van der Waals surface area contributed by atoms with Crippen LogP contribution in [0.5, 0.6) is 0 Å². The summed E-state index contributed by atoms with van der Waals surface area (Å²) in [5, 5.41) is 2.94. The number of allylic oxidation sites excluding steroid dienone is 3. The molecule has 0 amide bonds. The molecule has 3 atom stereocenters. The zero-order valence-electron chi connectivity index (χ0n) is 19.3. The largest absolute Gasteiger partial charge is 0.251 e. The number of hydrogen-bond donors (Lipinski definition) is 0. The summed E-state index contributed by atoms with van der Waals surface area (Å²) in [4.78, 5) is 0. The molecule has 0 fully saturated rings. The molecule has 0 radical (unpaired) electrons. The van der Waals surface area contributed by atoms with Crippen LogP contribution in [0.2, 0.25) is 0 Å². The van der Waals surface area contributed by atoms with Gasteiger partial charge in [0.15, 0.2) is 0 Å². The van der Waals surface area contributed by atoms with E-state index in [-0.39, 0.29) is 8.07 Å². The van der Waals surface area contributed by atoms with Crippen molar-refractivity contribution in [3.63, 3.8) is 0 Å². The van der Waals surface area contributed by atoms with Crippen molar-refractivity contribution >= 4 is 26.8 Å². The standard InChI is InChI=1S/C27H37NP2/c1-7-9-20-28(30-24(8-2)18-19-27(30)21(3)4)29(25-14-10-22(5)11-15-25)26-16-12-23(6)13-17-26/h10-19,24,27H,3,7-9,20H2,1-2,4-6H3/t24-,27+,30?/m0/s1. The van der Waals surface area contributed by atoms with Crippen molar-refractivity contribution < 1.29 is 0 Å². The molecular formula is C27H37NP2. The Bertz CT molecular complexity index is 808. The van der Waals surface area contributed by atoms with Crippen molar-refractivity contribution in [3.8, 4) is 0 Å². The average molecular weight is 438 g/mol. The Morgan fingerprint density at radius 2 is 1.47 bits per heavy atom. The minimum absolute atomic E-state index is 0.337. The van der Waals surface area contributed by atoms with Gasteiger partial charge in [0.1, 0.15) is 0 Å². The molecular weight excluding hydrogens is 400 g/mol. The zero-order chi connectivity index (χ0) is 21.7. The summed E-state index contributed by atoms with van der Waals surface area (Å²) in [7, 11) is -0.901. The first-order valence-electron chi connectivity index (χ1n) is 11.3. The Kier molecular flexibility index (Phi) is 8.47. The maximum absolute atomic E-state index is 4.39. The molecule has 0 saturated heterocycles. The molecule has 0 aliphatic carbocycles. The lowest BCUT2D eigenvalue weighted by Crippen LogP contribution is -2.30. The first-order valence-corrected chi connectivity index (χ1v) is 14.0. The maximum Gasteiger partial charge on any atom is 0.0318 e. The van der Waals surface area contributed by atoms with Crippen LogP contribution in [0.4, 0.5) is 0 Å². The quantitative estimate of drug-likeness (QED) is 0.291. The van der Waals surface area contributed by atoms with Gasteiger partial charge in [0, 0.05) is 25.9 Å². The summed E-state index contributed by atoms with van der Waals surface area (Å²) in [5.74, 6) is 0. The van der Waals surface area contributed by atoms with Crippen molar-refractivity contribution in [2.75, 3.05) is 6.54 Å². The lowest BCUT2D eigenvalue weighted by atomic mass is 10.2. The van der Waals surface area contributed by atoms with Crippen molar-refractivity contribution in [1.82, 2.24) is 4.44 Å². The fourth-order valence-corrected chi connectivity index (χ4v) is 11.1. The highest BCUT2D eigenvalue weighted by Gasteiger charge is 2.39. The number of benzene rings is 2. The van der Waals surface area contributed by atoms with Crippen molar-refractivity contribution in [1.29, 1.82) is 0 Å². The van der Waals surface area contributed by atoms with Crippen LogP contribution in [0.3, 0.4) is 0 Å². The Hall–Kier alpha value is -1.26. The summed E-state index contributed by atoms with van der Waals surface area (Å²) in [6.45, 7) is 16.8. The third-order valence-corrected chi connectivity index (χ3v) is 12.4. The monoisotopic (exact) mass is 437 g/mol. The highest BCUT2D eigenvalue weighted by atomic mass is 31.2. The molecule has 1 nitrogen and oxygen atoms in total. The van der Waals surface area contributed by atoms with Crippen LogP contribution in [0.1, 0.15) is 51.2 Å². The average Bonchev–Trinajstić information content (AvgIpc) is 3.17. The van der Waals surface area contributed by atoms with Crippen LogP contribution >= 0.6 is 16.1 Å². The molecule has 3 heteroatoms. The van der Waals surface area contributed by atoms with Crippen LogP contribution in [0, 0.1) is 13.8 Å². The van der Waals surface area contributed by atoms with Gasteiger partial charge in [0.05, 0.1) is 0 Å². The summed E-state index contributed by atoms with van der Waals surface area (Å²) < 4.78 is 2.93. The van der Waals surface area contributed by atoms with Gasteiger partial charge in [-0.05, 0) is 52.3 Å². The van der Waals surface area contributed by atoms with E-state index in [9.17, 15) is 0 Å². The predicted molar refractivity (Wildman–Crippen MR) is 139 cm³/mol. The van der Waals surface area contributed by atoms with Crippen molar-refractivity contribution in [2.45, 2.75) is 65.2 Å². The van der Waals surface area contributed by atoms with Gasteiger partial charge in [-0.2, -0.15) is 0 Å². The minimum atomic E-state index is -0.564. The topological polar surface area (TPSA) is 3.24 Å². The first kappa shape index (κ1) is 23.4. The van der Waals surface area contributed by atoms with Crippen LogP contribution in [0.15, 0.2) is 72.8 Å². The smallest absolute Gasteiger partial charge is 0.0318 e. The van der Waals surface area contributed by atoms with Crippen molar-refractivity contribution in [2.24, 2.45) is 0 Å². The SMILES string of the molecule is C=C(C)[C@H]1C=C[C@H](CC)P1N(CCCC)P(c1ccc(C)cc1)c1ccc(C)cc1. The molecule has 1 aliphatic rings. The summed E-state index contributed by atoms with van der Waals surface area (Å²) >= 11 is 0. The number of unbranched alkanes of at least 4 members (excludes halogenated alkanes) is 1. The van der Waals surface area contributed by atoms with Crippen molar-refractivity contribution in [3.05, 3.63) is 84.0 Å². The predicted octanol–water partition coefficient (Wildman–Crippen LogP) is 7.44. The molecule has 30 heavy (non-hydrogen) atoms. The molecule has 0 aromatic heterocycles. The van der Waals surface area contributed by atoms with Gasteiger partial charge in [-0.15, -0.1) is 0 Å². The van der Waals surface area contributed by atoms with E-state index in [1.165, 1.54) is 46.6 Å². The fraction of sp³-hybridized carbons (Fsp3) is 0.407. The summed E-state index contributed by atoms with van der Waals surface area (Å²) in [5.41, 5.74) is 5.13. The molecule has 0 saturated carbocycles. The van der Waals surface area contributed by atoms with Gasteiger partial charge >= 0.3 is 0 Å². The molecule has 0 spiro atoms. The summed E-state index contributed by atoms with van der Waals surface area (Å²) in [6, 6.07) is 18.6. The maximum atomic E-state index is 4.39. The second kappa shape index (κ2) is 10.9. The summed E-state index contributed by atoms with van der Waals surface area (Å²) in [6.07, 6.45) is 8.63. The van der Waals surface area contributed by atoms with Gasteiger partial charge in [0.2, 0.25) is 0 Å². The highest BCUT2D eigenvalue weighted by molar-refractivity contribution is 7.80. The van der Waals surface area contributed by atoms with Gasteiger partial charge in [-0.25, -0.2) is 0 Å². The lowest BCUT2D eigenvalue weighted by molar-refractivity contribution is 0.632. The van der Waals surface area contributed by atoms with E-state index in [0.29, 0.717) is 11.3 Å². The third kappa shape index (κ3) is 5.31. The Morgan fingerprint density at radius 3 is 1.90 bits per heavy atom. The molecule has 2 aromatic carbocycles. The van der Waals surface area contributed by atoms with Crippen LogP contribution in [-0.4, -0.2) is 22.3 Å². The Morgan fingerprint density at radius 1 is 0.933 bits per heavy atom. The number of nitrogens with zero attached hydrogens (tertiary/aromatic N) is 1. The third-order valence-electron chi connectivity index (χ3n) is 5.83. The highest BCUT2D eigenvalue weighted by Crippen LogP contribution is 2.65. The van der Waals surface area contributed by atoms with E-state index < -0.39 is 8.07 Å². The van der Waals surface area contributed by atoms with Gasteiger partial charge in [-0.3, -0.25) is 4.44 Å². The molecule has 1 aliphatic heterocycles. The van der Waals surface area contributed by atoms with Crippen LogP contribution in [0.25, 0.3) is 0 Å². The molecule has 0 bridgehead atoms. The van der Waals surface area contributed by atoms with Crippen LogP contribution in [-0.2, 0) is 0 Å². The second-order valence-corrected chi connectivity index (χ2v) is 13.4. The zero-order valence-corrected chi connectivity index (χ0v) is 21.1. The van der Waals surface area contributed by atoms with E-state index in [4.69, 9.17) is 0 Å². The second-order valence-electron chi connectivity index (χ2n) is 8.46.